The number of fused-ring (bicyclic) bond motifs is 3. The van der Waals surface area contributed by atoms with Crippen molar-refractivity contribution in [1.82, 2.24) is 0 Å². The second-order valence-electron chi connectivity index (χ2n) is 11.1. The van der Waals surface area contributed by atoms with Gasteiger partial charge < -0.3 is 14.3 Å². The Hall–Kier alpha value is -3.70. The fraction of sp³-hybridized carbons (Fsp3) is 0.265. The van der Waals surface area contributed by atoms with Crippen LogP contribution in [0.15, 0.2) is 89.3 Å². The smallest absolute Gasteiger partial charge is 0.307 e. The molecule has 0 saturated heterocycles. The molecule has 4 aromatic carbocycles. The summed E-state index contributed by atoms with van der Waals surface area (Å²) in [6.45, 7) is 8.92. The lowest BCUT2D eigenvalue weighted by molar-refractivity contribution is -0.140. The third-order valence-corrected chi connectivity index (χ3v) is 8.22. The highest BCUT2D eigenvalue weighted by atomic mass is 32.2. The number of para-hydroxylation sites is 2. The zero-order valence-corrected chi connectivity index (χ0v) is 23.7. The van der Waals surface area contributed by atoms with Gasteiger partial charge in [-0.25, -0.2) is 0 Å². The van der Waals surface area contributed by atoms with E-state index in [1.165, 1.54) is 11.1 Å². The van der Waals surface area contributed by atoms with Gasteiger partial charge in [0.2, 0.25) is 0 Å². The van der Waals surface area contributed by atoms with Crippen LogP contribution in [0.1, 0.15) is 44.4 Å². The Labute approximate surface area is 234 Å². The molecule has 1 unspecified atom stereocenters. The van der Waals surface area contributed by atoms with Crippen LogP contribution in [-0.4, -0.2) is 16.8 Å². The third kappa shape index (κ3) is 5.99. The number of rotatable bonds is 9. The molecule has 1 aromatic heterocycles. The van der Waals surface area contributed by atoms with Gasteiger partial charge in [0.1, 0.15) is 23.5 Å². The summed E-state index contributed by atoms with van der Waals surface area (Å²) < 4.78 is 12.5. The molecule has 0 fully saturated rings. The Kier molecular flexibility index (Phi) is 7.72. The van der Waals surface area contributed by atoms with E-state index in [9.17, 15) is 4.79 Å². The predicted molar refractivity (Wildman–Crippen MR) is 162 cm³/mol. The van der Waals surface area contributed by atoms with E-state index in [0.29, 0.717) is 12.4 Å². The molecular weight excluding hydrogens is 504 g/mol. The Morgan fingerprint density at radius 1 is 0.897 bits per heavy atom. The number of thioether (sulfide) groups is 1. The zero-order chi connectivity index (χ0) is 27.6. The summed E-state index contributed by atoms with van der Waals surface area (Å²) >= 11 is 1.63. The third-order valence-electron chi connectivity index (χ3n) is 6.95. The van der Waals surface area contributed by atoms with Crippen molar-refractivity contribution >= 4 is 39.7 Å². The average molecular weight is 539 g/mol. The summed E-state index contributed by atoms with van der Waals surface area (Å²) in [6.07, 6.45) is 0. The van der Waals surface area contributed by atoms with Crippen molar-refractivity contribution in [3.63, 3.8) is 0 Å². The molecule has 0 saturated carbocycles. The number of hydrogen-bond donors (Lipinski definition) is 1. The van der Waals surface area contributed by atoms with E-state index in [-0.39, 0.29) is 11.3 Å². The molecule has 5 rings (SSSR count). The number of aliphatic carboxylic acids is 1. The molecule has 1 atom stereocenters. The second-order valence-corrected chi connectivity index (χ2v) is 12.1. The number of carbonyl (C=O) groups is 1. The van der Waals surface area contributed by atoms with Crippen LogP contribution in [0.4, 0.5) is 0 Å². The summed E-state index contributed by atoms with van der Waals surface area (Å²) in [5, 5.41) is 11.4. The summed E-state index contributed by atoms with van der Waals surface area (Å²) in [5.41, 5.74) is 7.49. The number of benzene rings is 4. The van der Waals surface area contributed by atoms with E-state index < -0.39 is 5.97 Å². The van der Waals surface area contributed by atoms with Gasteiger partial charge in [-0.2, -0.15) is 11.8 Å². The quantitative estimate of drug-likeness (QED) is 0.203. The minimum Gasteiger partial charge on any atom is -0.489 e. The van der Waals surface area contributed by atoms with Crippen molar-refractivity contribution in [2.24, 2.45) is 5.92 Å². The first-order valence-corrected chi connectivity index (χ1v) is 14.4. The summed E-state index contributed by atoms with van der Waals surface area (Å²) in [5.74, 6) is 1.05. The summed E-state index contributed by atoms with van der Waals surface area (Å²) in [4.78, 5) is 11.1. The maximum absolute atomic E-state index is 11.1. The lowest BCUT2D eigenvalue weighted by Crippen LogP contribution is -2.14. The first-order valence-electron chi connectivity index (χ1n) is 13.3. The van der Waals surface area contributed by atoms with Crippen LogP contribution in [-0.2, 0) is 22.6 Å². The van der Waals surface area contributed by atoms with Crippen LogP contribution in [0, 0.1) is 5.92 Å². The molecular formula is C34H34O4S. The van der Waals surface area contributed by atoms with Gasteiger partial charge in [0.15, 0.2) is 0 Å². The Balaban J connectivity index is 1.38. The zero-order valence-electron chi connectivity index (χ0n) is 22.9. The fourth-order valence-electron chi connectivity index (χ4n) is 4.81. The minimum atomic E-state index is -0.755. The highest BCUT2D eigenvalue weighted by Crippen LogP contribution is 2.40. The first kappa shape index (κ1) is 26.9. The van der Waals surface area contributed by atoms with Crippen molar-refractivity contribution in [3.05, 3.63) is 102 Å². The minimum absolute atomic E-state index is 0.0796. The van der Waals surface area contributed by atoms with E-state index in [0.717, 1.165) is 50.1 Å². The molecule has 0 aliphatic rings. The van der Waals surface area contributed by atoms with Gasteiger partial charge in [-0.15, -0.1) is 0 Å². The van der Waals surface area contributed by atoms with Gasteiger partial charge in [0.25, 0.3) is 0 Å². The highest BCUT2D eigenvalue weighted by Gasteiger charge is 2.22. The molecule has 1 heterocycles. The van der Waals surface area contributed by atoms with E-state index in [4.69, 9.17) is 14.3 Å². The Bertz CT molecular complexity index is 1630. The van der Waals surface area contributed by atoms with E-state index in [1.807, 2.05) is 36.4 Å². The monoisotopic (exact) mass is 538 g/mol. The molecule has 0 amide bonds. The lowest BCUT2D eigenvalue weighted by Gasteiger charge is -2.24. The highest BCUT2D eigenvalue weighted by molar-refractivity contribution is 7.98. The molecule has 5 heteroatoms. The molecule has 5 aromatic rings. The van der Waals surface area contributed by atoms with Crippen LogP contribution in [0.2, 0.25) is 0 Å². The maximum atomic E-state index is 11.1. The average Bonchev–Trinajstić information content (AvgIpc) is 3.30. The van der Waals surface area contributed by atoms with Gasteiger partial charge in [0.05, 0.1) is 5.92 Å². The molecule has 0 spiro atoms. The summed E-state index contributed by atoms with van der Waals surface area (Å²) in [7, 11) is 0. The standard InChI is InChI=1S/C34H34O4S/c1-22(33(35)36)20-39-21-24-9-7-10-25(17-24)37-19-23-15-16-26(30(18-23)34(2,3)4)28-12-8-13-29-27-11-5-6-14-31(27)38-32(28)29/h5-18,22H,19-21H2,1-4H3,(H,35,36). The molecule has 4 nitrogen and oxygen atoms in total. The first-order chi connectivity index (χ1) is 18.7. The van der Waals surface area contributed by atoms with Crippen LogP contribution in [0.5, 0.6) is 5.75 Å². The number of hydrogen-bond acceptors (Lipinski definition) is 4. The fourth-order valence-corrected chi connectivity index (χ4v) is 5.84. The van der Waals surface area contributed by atoms with E-state index >= 15 is 0 Å². The van der Waals surface area contributed by atoms with Crippen molar-refractivity contribution in [2.45, 2.75) is 45.5 Å². The molecule has 1 N–H and O–H groups in total. The number of carboxylic acids is 1. The topological polar surface area (TPSA) is 59.7 Å². The van der Waals surface area contributed by atoms with Gasteiger partial charge >= 0.3 is 5.97 Å². The second kappa shape index (κ2) is 11.2. The normalized spacial score (nSPS) is 12.6. The SMILES string of the molecule is CC(CSCc1cccc(OCc2ccc(-c3cccc4c3oc3ccccc34)c(C(C)(C)C)c2)c1)C(=O)O. The van der Waals surface area contributed by atoms with Gasteiger partial charge in [-0.1, -0.05) is 94.4 Å². The van der Waals surface area contributed by atoms with Crippen molar-refractivity contribution in [1.29, 1.82) is 0 Å². The molecule has 0 bridgehead atoms. The Morgan fingerprint density at radius 2 is 1.67 bits per heavy atom. The van der Waals surface area contributed by atoms with Crippen molar-refractivity contribution in [2.75, 3.05) is 5.75 Å². The predicted octanol–water partition coefficient (Wildman–Crippen LogP) is 9.08. The van der Waals surface area contributed by atoms with Crippen molar-refractivity contribution < 1.29 is 19.1 Å². The number of furan rings is 1. The molecule has 0 aliphatic heterocycles. The van der Waals surface area contributed by atoms with E-state index in [1.54, 1.807) is 18.7 Å². The van der Waals surface area contributed by atoms with Gasteiger partial charge in [0, 0.05) is 27.8 Å². The summed E-state index contributed by atoms with van der Waals surface area (Å²) in [6, 6.07) is 29.2. The molecule has 39 heavy (non-hydrogen) atoms. The molecule has 0 radical (unpaired) electrons. The Morgan fingerprint density at radius 3 is 2.46 bits per heavy atom. The molecule has 0 aliphatic carbocycles. The maximum Gasteiger partial charge on any atom is 0.307 e. The van der Waals surface area contributed by atoms with Gasteiger partial charge in [-0.3, -0.25) is 4.79 Å². The van der Waals surface area contributed by atoms with Crippen LogP contribution in [0.3, 0.4) is 0 Å². The van der Waals surface area contributed by atoms with E-state index in [2.05, 4.69) is 69.3 Å². The van der Waals surface area contributed by atoms with Gasteiger partial charge in [-0.05, 0) is 45.9 Å². The molecule has 200 valence electrons. The van der Waals surface area contributed by atoms with Crippen LogP contribution in [0.25, 0.3) is 33.1 Å². The van der Waals surface area contributed by atoms with Crippen LogP contribution >= 0.6 is 11.8 Å². The number of carboxylic acid groups (broad SMARTS) is 1. The van der Waals surface area contributed by atoms with Crippen LogP contribution < -0.4 is 4.74 Å². The van der Waals surface area contributed by atoms with Crippen molar-refractivity contribution in [3.8, 4) is 16.9 Å². The largest absolute Gasteiger partial charge is 0.489 e. The number of ether oxygens (including phenoxy) is 1. The lowest BCUT2D eigenvalue weighted by atomic mass is 9.80.